The molecule has 4 nitrogen and oxygen atoms in total. The minimum absolute atomic E-state index is 0.102. The summed E-state index contributed by atoms with van der Waals surface area (Å²) in [7, 11) is -3.77. The van der Waals surface area contributed by atoms with Gasteiger partial charge in [0.2, 0.25) is 5.91 Å². The normalized spacial score (nSPS) is 15.9. The fourth-order valence-electron chi connectivity index (χ4n) is 2.35. The van der Waals surface area contributed by atoms with Crippen LogP contribution in [-0.2, 0) is 14.6 Å². The third-order valence-electron chi connectivity index (χ3n) is 3.86. The van der Waals surface area contributed by atoms with E-state index < -0.39 is 20.5 Å². The Balaban J connectivity index is 1.87. The molecule has 0 aliphatic heterocycles. The van der Waals surface area contributed by atoms with Crippen LogP contribution in [-0.4, -0.2) is 19.1 Å². The number of sulfone groups is 1. The zero-order valence-electron chi connectivity index (χ0n) is 11.9. The fraction of sp³-hybridized carbons (Fsp3) is 0.188. The molecule has 3 rings (SSSR count). The van der Waals surface area contributed by atoms with Crippen molar-refractivity contribution in [3.63, 3.8) is 0 Å². The molecule has 0 bridgehead atoms. The lowest BCUT2D eigenvalue weighted by Gasteiger charge is -2.16. The molecule has 2 aromatic rings. The number of carbonyl (C=O) groups is 1. The molecule has 1 N–H and O–H groups in total. The summed E-state index contributed by atoms with van der Waals surface area (Å²) >= 11 is 11.6. The van der Waals surface area contributed by atoms with Gasteiger partial charge in [-0.2, -0.15) is 0 Å². The standard InChI is InChI=1S/C16H13Cl2NO3S/c17-11-1-5-13(6-2-11)19-15(20)16(9-10-16)23(21,22)14-7-3-12(18)4-8-14/h1-8H,9-10H2,(H,19,20). The van der Waals surface area contributed by atoms with Gasteiger partial charge in [0, 0.05) is 15.7 Å². The van der Waals surface area contributed by atoms with E-state index in [1.165, 1.54) is 24.3 Å². The number of nitrogens with one attached hydrogen (secondary N) is 1. The average molecular weight is 370 g/mol. The molecule has 0 radical (unpaired) electrons. The number of amides is 1. The van der Waals surface area contributed by atoms with E-state index in [9.17, 15) is 13.2 Å². The Labute approximate surface area is 144 Å². The Morgan fingerprint density at radius 1 is 0.913 bits per heavy atom. The molecule has 0 spiro atoms. The van der Waals surface area contributed by atoms with Gasteiger partial charge >= 0.3 is 0 Å². The van der Waals surface area contributed by atoms with Crippen LogP contribution in [0.3, 0.4) is 0 Å². The molecule has 120 valence electrons. The molecule has 1 aliphatic carbocycles. The Hall–Kier alpha value is -1.56. The minimum atomic E-state index is -3.77. The first kappa shape index (κ1) is 16.3. The number of hydrogen-bond donors (Lipinski definition) is 1. The van der Waals surface area contributed by atoms with Crippen molar-refractivity contribution in [1.29, 1.82) is 0 Å². The molecular formula is C16H13Cl2NO3S. The van der Waals surface area contributed by atoms with Gasteiger partial charge < -0.3 is 5.32 Å². The van der Waals surface area contributed by atoms with Crippen molar-refractivity contribution in [2.45, 2.75) is 22.5 Å². The van der Waals surface area contributed by atoms with Crippen LogP contribution in [0.5, 0.6) is 0 Å². The second-order valence-corrected chi connectivity index (χ2v) is 8.55. The van der Waals surface area contributed by atoms with Gasteiger partial charge in [0.05, 0.1) is 4.90 Å². The first-order valence-electron chi connectivity index (χ1n) is 6.92. The summed E-state index contributed by atoms with van der Waals surface area (Å²) in [6.07, 6.45) is 0.606. The van der Waals surface area contributed by atoms with Gasteiger partial charge in [0.15, 0.2) is 14.6 Å². The lowest BCUT2D eigenvalue weighted by atomic mass is 10.3. The first-order valence-corrected chi connectivity index (χ1v) is 9.16. The average Bonchev–Trinajstić information content (AvgIpc) is 3.32. The molecule has 1 amide bonds. The van der Waals surface area contributed by atoms with E-state index in [1.807, 2.05) is 0 Å². The van der Waals surface area contributed by atoms with Crippen LogP contribution < -0.4 is 5.32 Å². The van der Waals surface area contributed by atoms with Crippen molar-refractivity contribution < 1.29 is 13.2 Å². The number of hydrogen-bond acceptors (Lipinski definition) is 3. The number of anilines is 1. The number of rotatable bonds is 4. The summed E-state index contributed by atoms with van der Waals surface area (Å²) in [4.78, 5) is 12.6. The molecule has 1 fully saturated rings. The molecule has 0 heterocycles. The molecule has 0 atom stereocenters. The highest BCUT2D eigenvalue weighted by molar-refractivity contribution is 7.94. The second kappa shape index (κ2) is 5.82. The van der Waals surface area contributed by atoms with Gasteiger partial charge in [-0.25, -0.2) is 8.42 Å². The number of carbonyl (C=O) groups excluding carboxylic acids is 1. The van der Waals surface area contributed by atoms with Crippen molar-refractivity contribution in [2.24, 2.45) is 0 Å². The monoisotopic (exact) mass is 369 g/mol. The second-order valence-electron chi connectivity index (χ2n) is 5.41. The van der Waals surface area contributed by atoms with Gasteiger partial charge in [-0.1, -0.05) is 23.2 Å². The third kappa shape index (κ3) is 2.96. The molecule has 23 heavy (non-hydrogen) atoms. The molecule has 0 saturated heterocycles. The number of halogens is 2. The van der Waals surface area contributed by atoms with Crippen LogP contribution in [0, 0.1) is 0 Å². The first-order chi connectivity index (χ1) is 10.8. The van der Waals surface area contributed by atoms with Gasteiger partial charge in [-0.3, -0.25) is 4.79 Å². The Morgan fingerprint density at radius 3 is 1.87 bits per heavy atom. The zero-order chi connectivity index (χ0) is 16.7. The maximum Gasteiger partial charge on any atom is 0.246 e. The quantitative estimate of drug-likeness (QED) is 0.887. The van der Waals surface area contributed by atoms with Crippen molar-refractivity contribution in [3.8, 4) is 0 Å². The molecule has 0 aromatic heterocycles. The molecule has 7 heteroatoms. The lowest BCUT2D eigenvalue weighted by molar-refractivity contribution is -0.116. The maximum absolute atomic E-state index is 12.8. The smallest absolute Gasteiger partial charge is 0.246 e. The Morgan fingerprint density at radius 2 is 1.39 bits per heavy atom. The summed E-state index contributed by atoms with van der Waals surface area (Å²) in [5, 5.41) is 3.64. The van der Waals surface area contributed by atoms with Crippen molar-refractivity contribution >= 4 is 44.6 Å². The highest BCUT2D eigenvalue weighted by atomic mass is 35.5. The van der Waals surface area contributed by atoms with Gasteiger partial charge in [0.1, 0.15) is 0 Å². The topological polar surface area (TPSA) is 63.2 Å². The summed E-state index contributed by atoms with van der Waals surface area (Å²) in [5.41, 5.74) is 0.511. The summed E-state index contributed by atoms with van der Waals surface area (Å²) in [5.74, 6) is -0.519. The highest BCUT2D eigenvalue weighted by Crippen LogP contribution is 2.47. The van der Waals surface area contributed by atoms with Crippen LogP contribution in [0.4, 0.5) is 5.69 Å². The van der Waals surface area contributed by atoms with Gasteiger partial charge in [-0.05, 0) is 61.4 Å². The number of benzene rings is 2. The molecule has 2 aromatic carbocycles. The minimum Gasteiger partial charge on any atom is -0.325 e. The SMILES string of the molecule is O=C(Nc1ccc(Cl)cc1)C1(S(=O)(=O)c2ccc(Cl)cc2)CC1. The molecule has 0 unspecified atom stereocenters. The summed E-state index contributed by atoms with van der Waals surface area (Å²) in [6, 6.07) is 12.4. The zero-order valence-corrected chi connectivity index (χ0v) is 14.3. The predicted molar refractivity (Wildman–Crippen MR) is 90.7 cm³/mol. The predicted octanol–water partition coefficient (Wildman–Crippen LogP) is 3.94. The fourth-order valence-corrected chi connectivity index (χ4v) is 4.48. The largest absolute Gasteiger partial charge is 0.325 e. The van der Waals surface area contributed by atoms with E-state index in [4.69, 9.17) is 23.2 Å². The molecular weight excluding hydrogens is 357 g/mol. The van der Waals surface area contributed by atoms with Crippen LogP contribution in [0.25, 0.3) is 0 Å². The van der Waals surface area contributed by atoms with E-state index in [0.29, 0.717) is 28.6 Å². The van der Waals surface area contributed by atoms with E-state index in [1.54, 1.807) is 24.3 Å². The Kier molecular flexibility index (Phi) is 4.12. The summed E-state index contributed by atoms with van der Waals surface area (Å²) in [6.45, 7) is 0. The molecule has 1 aliphatic rings. The van der Waals surface area contributed by atoms with Crippen LogP contribution in [0.15, 0.2) is 53.4 Å². The van der Waals surface area contributed by atoms with E-state index in [2.05, 4.69) is 5.32 Å². The highest BCUT2D eigenvalue weighted by Gasteiger charge is 2.61. The van der Waals surface area contributed by atoms with Crippen molar-refractivity contribution in [2.75, 3.05) is 5.32 Å². The van der Waals surface area contributed by atoms with Crippen LogP contribution >= 0.6 is 23.2 Å². The van der Waals surface area contributed by atoms with E-state index >= 15 is 0 Å². The van der Waals surface area contributed by atoms with Crippen molar-refractivity contribution in [1.82, 2.24) is 0 Å². The summed E-state index contributed by atoms with van der Waals surface area (Å²) < 4.78 is 24.2. The van der Waals surface area contributed by atoms with Crippen LogP contribution in [0.1, 0.15) is 12.8 Å². The lowest BCUT2D eigenvalue weighted by Crippen LogP contribution is -2.37. The van der Waals surface area contributed by atoms with E-state index in [-0.39, 0.29) is 4.90 Å². The van der Waals surface area contributed by atoms with Gasteiger partial charge in [-0.15, -0.1) is 0 Å². The van der Waals surface area contributed by atoms with E-state index in [0.717, 1.165) is 0 Å². The van der Waals surface area contributed by atoms with Crippen molar-refractivity contribution in [3.05, 3.63) is 58.6 Å². The van der Waals surface area contributed by atoms with Crippen LogP contribution in [0.2, 0.25) is 10.0 Å². The maximum atomic E-state index is 12.8. The molecule has 1 saturated carbocycles. The van der Waals surface area contributed by atoms with Gasteiger partial charge in [0.25, 0.3) is 0 Å². The third-order valence-corrected chi connectivity index (χ3v) is 6.88. The Bertz CT molecular complexity index is 842.